The third kappa shape index (κ3) is 2.09. The second-order valence-corrected chi connectivity index (χ2v) is 2.53. The lowest BCUT2D eigenvalue weighted by molar-refractivity contribution is 0.112. The third-order valence-corrected chi connectivity index (χ3v) is 1.56. The van der Waals surface area contributed by atoms with Gasteiger partial charge in [-0.25, -0.2) is 8.78 Å². The Hall–Kier alpha value is -1.29. The van der Waals surface area contributed by atoms with Crippen molar-refractivity contribution < 1.29 is 18.3 Å². The summed E-state index contributed by atoms with van der Waals surface area (Å²) < 4.78 is 30.3. The molecule has 1 aromatic carbocycles. The van der Waals surface area contributed by atoms with Crippen LogP contribution < -0.4 is 0 Å². The number of ether oxygens (including phenoxy) is 1. The van der Waals surface area contributed by atoms with Crippen LogP contribution in [0.4, 0.5) is 8.78 Å². The second kappa shape index (κ2) is 4.09. The van der Waals surface area contributed by atoms with E-state index in [4.69, 9.17) is 0 Å². The van der Waals surface area contributed by atoms with Crippen molar-refractivity contribution in [1.29, 1.82) is 0 Å². The van der Waals surface area contributed by atoms with Gasteiger partial charge in [-0.2, -0.15) is 0 Å². The van der Waals surface area contributed by atoms with Gasteiger partial charge in [-0.05, 0) is 12.1 Å². The molecule has 13 heavy (non-hydrogen) atoms. The topological polar surface area (TPSA) is 26.3 Å². The van der Waals surface area contributed by atoms with Crippen molar-refractivity contribution in [1.82, 2.24) is 0 Å². The highest BCUT2D eigenvalue weighted by atomic mass is 19.2. The van der Waals surface area contributed by atoms with Gasteiger partial charge in [-0.15, -0.1) is 0 Å². The Kier molecular flexibility index (Phi) is 3.08. The third-order valence-electron chi connectivity index (χ3n) is 1.56. The van der Waals surface area contributed by atoms with Crippen molar-refractivity contribution >= 4 is 6.29 Å². The van der Waals surface area contributed by atoms with Crippen LogP contribution in [0.3, 0.4) is 0 Å². The van der Waals surface area contributed by atoms with Crippen molar-refractivity contribution in [2.24, 2.45) is 0 Å². The predicted octanol–water partition coefficient (Wildman–Crippen LogP) is 1.92. The van der Waals surface area contributed by atoms with Crippen molar-refractivity contribution in [2.75, 3.05) is 7.11 Å². The summed E-state index contributed by atoms with van der Waals surface area (Å²) in [4.78, 5) is 10.3. The van der Waals surface area contributed by atoms with Gasteiger partial charge in [-0.3, -0.25) is 4.79 Å². The molecule has 0 heterocycles. The van der Waals surface area contributed by atoms with Crippen molar-refractivity contribution in [3.05, 3.63) is 34.9 Å². The second-order valence-electron chi connectivity index (χ2n) is 2.53. The van der Waals surface area contributed by atoms with Gasteiger partial charge in [0.25, 0.3) is 0 Å². The SMILES string of the molecule is COCc1cc(C=O)cc(F)c1F. The van der Waals surface area contributed by atoms with Crippen LogP contribution >= 0.6 is 0 Å². The summed E-state index contributed by atoms with van der Waals surface area (Å²) in [6.07, 6.45) is 0.460. The molecule has 0 atom stereocenters. The first-order valence-corrected chi connectivity index (χ1v) is 3.61. The van der Waals surface area contributed by atoms with Gasteiger partial charge >= 0.3 is 0 Å². The number of carbonyl (C=O) groups is 1. The van der Waals surface area contributed by atoms with E-state index in [1.807, 2.05) is 0 Å². The minimum absolute atomic E-state index is 0.0459. The van der Waals surface area contributed by atoms with E-state index < -0.39 is 11.6 Å². The zero-order valence-electron chi connectivity index (χ0n) is 7.01. The largest absolute Gasteiger partial charge is 0.380 e. The Morgan fingerprint density at radius 2 is 2.15 bits per heavy atom. The Bertz CT molecular complexity index is 324. The van der Waals surface area contributed by atoms with Crippen LogP contribution in [0, 0.1) is 11.6 Å². The molecule has 0 aliphatic heterocycles. The Morgan fingerprint density at radius 1 is 1.46 bits per heavy atom. The number of benzene rings is 1. The molecule has 0 radical (unpaired) electrons. The molecule has 1 rings (SSSR count). The van der Waals surface area contributed by atoms with E-state index in [0.717, 1.165) is 6.07 Å². The molecule has 0 unspecified atom stereocenters. The minimum Gasteiger partial charge on any atom is -0.380 e. The summed E-state index contributed by atoms with van der Waals surface area (Å²) in [6, 6.07) is 2.11. The molecule has 0 aliphatic carbocycles. The zero-order valence-corrected chi connectivity index (χ0v) is 7.01. The van der Waals surface area contributed by atoms with Crippen LogP contribution in [0.1, 0.15) is 15.9 Å². The Labute approximate surface area is 74.1 Å². The van der Waals surface area contributed by atoms with Gasteiger partial charge in [-0.1, -0.05) is 0 Å². The van der Waals surface area contributed by atoms with Gasteiger partial charge in [0, 0.05) is 18.2 Å². The molecule has 0 saturated carbocycles. The lowest BCUT2D eigenvalue weighted by Crippen LogP contribution is -1.98. The van der Waals surface area contributed by atoms with E-state index >= 15 is 0 Å². The summed E-state index contributed by atoms with van der Waals surface area (Å²) >= 11 is 0. The summed E-state index contributed by atoms with van der Waals surface area (Å²) in [7, 11) is 1.37. The molecule has 0 aromatic heterocycles. The van der Waals surface area contributed by atoms with Crippen molar-refractivity contribution in [3.8, 4) is 0 Å². The number of hydrogen-bond acceptors (Lipinski definition) is 2. The summed E-state index contributed by atoms with van der Waals surface area (Å²) in [6.45, 7) is -0.0512. The van der Waals surface area contributed by atoms with Crippen LogP contribution in [-0.4, -0.2) is 13.4 Å². The van der Waals surface area contributed by atoms with Gasteiger partial charge in [0.05, 0.1) is 6.61 Å². The summed E-state index contributed by atoms with van der Waals surface area (Å²) in [5.74, 6) is -2.00. The highest BCUT2D eigenvalue weighted by Crippen LogP contribution is 2.14. The quantitative estimate of drug-likeness (QED) is 0.674. The average molecular weight is 186 g/mol. The van der Waals surface area contributed by atoms with E-state index in [1.54, 1.807) is 0 Å². The van der Waals surface area contributed by atoms with Crippen molar-refractivity contribution in [3.63, 3.8) is 0 Å². The van der Waals surface area contributed by atoms with E-state index in [0.29, 0.717) is 6.29 Å². The van der Waals surface area contributed by atoms with E-state index in [2.05, 4.69) is 4.74 Å². The molecule has 0 saturated heterocycles. The summed E-state index contributed by atoms with van der Waals surface area (Å²) in [5.41, 5.74) is 0.149. The molecule has 0 spiro atoms. The Balaban J connectivity index is 3.16. The fourth-order valence-corrected chi connectivity index (χ4v) is 0.998. The maximum Gasteiger partial charge on any atom is 0.164 e. The zero-order chi connectivity index (χ0) is 9.84. The van der Waals surface area contributed by atoms with Crippen LogP contribution in [0.5, 0.6) is 0 Å². The highest BCUT2D eigenvalue weighted by Gasteiger charge is 2.09. The molecule has 0 N–H and O–H groups in total. The first-order chi connectivity index (χ1) is 6.19. The summed E-state index contributed by atoms with van der Waals surface area (Å²) in [5, 5.41) is 0. The van der Waals surface area contributed by atoms with Crippen LogP contribution in [0.25, 0.3) is 0 Å². The molecule has 2 nitrogen and oxygen atoms in total. The number of aldehydes is 1. The number of methoxy groups -OCH3 is 1. The molecule has 1 aromatic rings. The molecule has 4 heteroatoms. The molecule has 0 amide bonds. The molecular formula is C9H8F2O2. The molecule has 70 valence electrons. The predicted molar refractivity (Wildman–Crippen MR) is 42.5 cm³/mol. The number of halogens is 2. The fourth-order valence-electron chi connectivity index (χ4n) is 0.998. The van der Waals surface area contributed by atoms with E-state index in [1.165, 1.54) is 13.2 Å². The normalized spacial score (nSPS) is 10.1. The van der Waals surface area contributed by atoms with E-state index in [-0.39, 0.29) is 17.7 Å². The lowest BCUT2D eigenvalue weighted by atomic mass is 10.1. The number of carbonyl (C=O) groups excluding carboxylic acids is 1. The van der Waals surface area contributed by atoms with Crippen molar-refractivity contribution in [2.45, 2.75) is 6.61 Å². The fraction of sp³-hybridized carbons (Fsp3) is 0.222. The van der Waals surface area contributed by atoms with Crippen LogP contribution in [0.2, 0.25) is 0 Å². The number of rotatable bonds is 3. The van der Waals surface area contributed by atoms with Gasteiger partial charge in [0.2, 0.25) is 0 Å². The smallest absolute Gasteiger partial charge is 0.164 e. The first kappa shape index (κ1) is 9.80. The van der Waals surface area contributed by atoms with Gasteiger partial charge < -0.3 is 4.74 Å². The minimum atomic E-state index is -1.03. The molecule has 0 aliphatic rings. The molecule has 0 bridgehead atoms. The van der Waals surface area contributed by atoms with Crippen LogP contribution in [0.15, 0.2) is 12.1 Å². The first-order valence-electron chi connectivity index (χ1n) is 3.61. The maximum atomic E-state index is 12.9. The highest BCUT2D eigenvalue weighted by molar-refractivity contribution is 5.75. The monoisotopic (exact) mass is 186 g/mol. The van der Waals surface area contributed by atoms with Gasteiger partial charge in [0.1, 0.15) is 6.29 Å². The Morgan fingerprint density at radius 3 is 2.69 bits per heavy atom. The van der Waals surface area contributed by atoms with E-state index in [9.17, 15) is 13.6 Å². The average Bonchev–Trinajstić information content (AvgIpc) is 2.13. The molecular weight excluding hydrogens is 178 g/mol. The lowest BCUT2D eigenvalue weighted by Gasteiger charge is -2.03. The molecule has 0 fully saturated rings. The van der Waals surface area contributed by atoms with Gasteiger partial charge in [0.15, 0.2) is 11.6 Å². The standard InChI is InChI=1S/C9H8F2O2/c1-13-5-7-2-6(4-12)3-8(10)9(7)11/h2-4H,5H2,1H3. The van der Waals surface area contributed by atoms with Crippen LogP contribution in [-0.2, 0) is 11.3 Å². The maximum absolute atomic E-state index is 12.9. The number of hydrogen-bond donors (Lipinski definition) is 0.